The first-order chi connectivity index (χ1) is 7.85. The van der Waals surface area contributed by atoms with E-state index >= 15 is 0 Å². The summed E-state index contributed by atoms with van der Waals surface area (Å²) in [7, 11) is -3.53. The zero-order valence-corrected chi connectivity index (χ0v) is 9.64. The van der Waals surface area contributed by atoms with E-state index < -0.39 is 14.8 Å². The molecule has 0 saturated heterocycles. The number of para-hydroxylation sites is 1. The molecule has 0 fully saturated rings. The van der Waals surface area contributed by atoms with Crippen molar-refractivity contribution in [1.82, 2.24) is 0 Å². The van der Waals surface area contributed by atoms with Gasteiger partial charge in [0.15, 0.2) is 9.84 Å². The van der Waals surface area contributed by atoms with Gasteiger partial charge in [0.1, 0.15) is 6.07 Å². The van der Waals surface area contributed by atoms with Crippen LogP contribution in [0, 0.1) is 21.4 Å². The summed E-state index contributed by atoms with van der Waals surface area (Å²) < 4.78 is 22.1. The number of hydrogen-bond donors (Lipinski definition) is 0. The van der Waals surface area contributed by atoms with Gasteiger partial charge in [0.2, 0.25) is 0 Å². The van der Waals surface area contributed by atoms with Gasteiger partial charge in [0.05, 0.1) is 16.1 Å². The van der Waals surface area contributed by atoms with Crippen LogP contribution in [0.1, 0.15) is 5.56 Å². The lowest BCUT2D eigenvalue weighted by atomic mass is 10.1. The zero-order chi connectivity index (χ0) is 13.1. The molecule has 0 aliphatic heterocycles. The van der Waals surface area contributed by atoms with Crippen LogP contribution in [-0.4, -0.2) is 19.6 Å². The molecule has 0 radical (unpaired) electrons. The minimum atomic E-state index is -3.53. The summed E-state index contributed by atoms with van der Waals surface area (Å²) in [5.74, 6) is 0. The molecule has 7 heteroatoms. The number of nitro benzene ring substituents is 1. The summed E-state index contributed by atoms with van der Waals surface area (Å²) in [5, 5.41) is 20.3. The van der Waals surface area contributed by atoms with Gasteiger partial charge < -0.3 is 0 Å². The Kier molecular flexibility index (Phi) is 3.60. The van der Waals surface area contributed by atoms with E-state index in [-0.39, 0.29) is 16.8 Å². The summed E-state index contributed by atoms with van der Waals surface area (Å²) in [6.45, 7) is 0. The highest BCUT2D eigenvalue weighted by molar-refractivity contribution is 7.93. The second-order valence-corrected chi connectivity index (χ2v) is 5.14. The molecule has 6 nitrogen and oxygen atoms in total. The van der Waals surface area contributed by atoms with E-state index in [0.717, 1.165) is 11.7 Å². The molecule has 0 spiro atoms. The van der Waals surface area contributed by atoms with Gasteiger partial charge in [-0.1, -0.05) is 12.1 Å². The average Bonchev–Trinajstić information content (AvgIpc) is 2.24. The Morgan fingerprint density at radius 3 is 2.53 bits per heavy atom. The van der Waals surface area contributed by atoms with Crippen LogP contribution in [0.25, 0.3) is 5.57 Å². The minimum Gasteiger partial charge on any atom is -0.258 e. The fraction of sp³-hybridized carbons (Fsp3) is 0.100. The van der Waals surface area contributed by atoms with Crippen molar-refractivity contribution in [3.63, 3.8) is 0 Å². The minimum absolute atomic E-state index is 0.00887. The zero-order valence-electron chi connectivity index (χ0n) is 8.82. The molecular weight excluding hydrogens is 244 g/mol. The first-order valence-corrected chi connectivity index (χ1v) is 6.36. The van der Waals surface area contributed by atoms with Gasteiger partial charge >= 0.3 is 0 Å². The average molecular weight is 252 g/mol. The lowest BCUT2D eigenvalue weighted by molar-refractivity contribution is -0.385. The van der Waals surface area contributed by atoms with Crippen LogP contribution in [0.15, 0.2) is 29.7 Å². The topological polar surface area (TPSA) is 101 Å². The molecule has 88 valence electrons. The predicted molar refractivity (Wildman–Crippen MR) is 61.5 cm³/mol. The van der Waals surface area contributed by atoms with Crippen molar-refractivity contribution in [3.8, 4) is 6.07 Å². The Hall–Kier alpha value is -2.20. The van der Waals surface area contributed by atoms with E-state index in [1.165, 1.54) is 24.3 Å². The van der Waals surface area contributed by atoms with E-state index in [2.05, 4.69) is 0 Å². The van der Waals surface area contributed by atoms with E-state index in [4.69, 9.17) is 5.26 Å². The molecule has 0 aliphatic rings. The number of rotatable bonds is 3. The summed E-state index contributed by atoms with van der Waals surface area (Å²) in [4.78, 5) is 10.1. The maximum absolute atomic E-state index is 11.1. The molecule has 0 bridgehead atoms. The highest BCUT2D eigenvalue weighted by atomic mass is 32.2. The third-order valence-electron chi connectivity index (χ3n) is 1.84. The number of nitrogens with zero attached hydrogens (tertiary/aromatic N) is 2. The number of sulfone groups is 1. The third kappa shape index (κ3) is 3.39. The molecule has 0 amide bonds. The molecule has 0 saturated carbocycles. The molecule has 1 rings (SSSR count). The van der Waals surface area contributed by atoms with Crippen molar-refractivity contribution in [2.45, 2.75) is 0 Å². The first-order valence-electron chi connectivity index (χ1n) is 4.41. The van der Waals surface area contributed by atoms with Crippen molar-refractivity contribution in [3.05, 3.63) is 45.4 Å². The van der Waals surface area contributed by atoms with Crippen LogP contribution < -0.4 is 0 Å². The Morgan fingerprint density at radius 2 is 2.06 bits per heavy atom. The molecule has 0 aromatic heterocycles. The van der Waals surface area contributed by atoms with Gasteiger partial charge in [0.25, 0.3) is 5.69 Å². The number of nitriles is 1. The number of nitro groups is 1. The van der Waals surface area contributed by atoms with Crippen molar-refractivity contribution in [2.75, 3.05) is 6.26 Å². The molecule has 0 N–H and O–H groups in total. The van der Waals surface area contributed by atoms with Crippen molar-refractivity contribution < 1.29 is 13.3 Å². The van der Waals surface area contributed by atoms with Crippen LogP contribution >= 0.6 is 0 Å². The lowest BCUT2D eigenvalue weighted by Gasteiger charge is -2.00. The second kappa shape index (κ2) is 4.76. The van der Waals surface area contributed by atoms with Gasteiger partial charge in [-0.25, -0.2) is 8.42 Å². The molecule has 0 unspecified atom stereocenters. The van der Waals surface area contributed by atoms with Crippen molar-refractivity contribution in [2.24, 2.45) is 0 Å². The summed E-state index contributed by atoms with van der Waals surface area (Å²) in [5.41, 5.74) is -0.561. The molecule has 0 heterocycles. The number of hydrogen-bond acceptors (Lipinski definition) is 5. The first kappa shape index (κ1) is 12.9. The molecular formula is C10H8N2O4S. The third-order valence-corrected chi connectivity index (χ3v) is 2.51. The van der Waals surface area contributed by atoms with Gasteiger partial charge in [-0.3, -0.25) is 10.1 Å². The molecule has 0 atom stereocenters. The van der Waals surface area contributed by atoms with Gasteiger partial charge in [-0.2, -0.15) is 5.26 Å². The highest BCUT2D eigenvalue weighted by Gasteiger charge is 2.17. The van der Waals surface area contributed by atoms with E-state index in [1.807, 2.05) is 0 Å². The SMILES string of the molecule is CS(=O)(=O)C=C(C#N)c1ccccc1[N+](=O)[O-]. The van der Waals surface area contributed by atoms with Crippen molar-refractivity contribution in [1.29, 1.82) is 5.26 Å². The Labute approximate surface area is 97.9 Å². The Balaban J connectivity index is 3.48. The van der Waals surface area contributed by atoms with Crippen LogP contribution in [0.5, 0.6) is 0 Å². The molecule has 0 aliphatic carbocycles. The van der Waals surface area contributed by atoms with E-state index in [9.17, 15) is 18.5 Å². The standard InChI is InChI=1S/C10H8N2O4S/c1-17(15,16)7-8(6-11)9-4-2-3-5-10(9)12(13)14/h2-5,7H,1H3. The molecule has 1 aromatic rings. The van der Waals surface area contributed by atoms with Crippen molar-refractivity contribution >= 4 is 21.1 Å². The normalized spacial score (nSPS) is 11.9. The van der Waals surface area contributed by atoms with E-state index in [1.54, 1.807) is 6.07 Å². The smallest absolute Gasteiger partial charge is 0.258 e. The Bertz CT molecular complexity index is 626. The number of benzene rings is 1. The molecule has 1 aromatic carbocycles. The number of allylic oxidation sites excluding steroid dienone is 1. The maximum atomic E-state index is 11.1. The predicted octanol–water partition coefficient (Wildman–Crippen LogP) is 1.50. The molecule has 17 heavy (non-hydrogen) atoms. The van der Waals surface area contributed by atoms with Crippen LogP contribution in [0.2, 0.25) is 0 Å². The van der Waals surface area contributed by atoms with Gasteiger partial charge in [0, 0.05) is 17.7 Å². The van der Waals surface area contributed by atoms with Gasteiger partial charge in [-0.15, -0.1) is 0 Å². The van der Waals surface area contributed by atoms with Crippen LogP contribution in [-0.2, 0) is 9.84 Å². The fourth-order valence-corrected chi connectivity index (χ4v) is 1.83. The van der Waals surface area contributed by atoms with Crippen LogP contribution in [0.4, 0.5) is 5.69 Å². The summed E-state index contributed by atoms with van der Waals surface area (Å²) in [6, 6.07) is 7.13. The van der Waals surface area contributed by atoms with E-state index in [0.29, 0.717) is 0 Å². The quantitative estimate of drug-likeness (QED) is 0.461. The fourth-order valence-electron chi connectivity index (χ4n) is 1.22. The monoisotopic (exact) mass is 252 g/mol. The Morgan fingerprint density at radius 1 is 1.47 bits per heavy atom. The summed E-state index contributed by atoms with van der Waals surface area (Å²) >= 11 is 0. The largest absolute Gasteiger partial charge is 0.277 e. The van der Waals surface area contributed by atoms with Gasteiger partial charge in [-0.05, 0) is 6.07 Å². The second-order valence-electron chi connectivity index (χ2n) is 3.25. The van der Waals surface area contributed by atoms with Crippen LogP contribution in [0.3, 0.4) is 0 Å². The lowest BCUT2D eigenvalue weighted by Crippen LogP contribution is -1.96. The summed E-state index contributed by atoms with van der Waals surface area (Å²) in [6.07, 6.45) is 0.916. The highest BCUT2D eigenvalue weighted by Crippen LogP contribution is 2.25. The maximum Gasteiger partial charge on any atom is 0.277 e.